The van der Waals surface area contributed by atoms with Gasteiger partial charge in [0.15, 0.2) is 0 Å². The molecule has 86 valence electrons. The van der Waals surface area contributed by atoms with E-state index >= 15 is 0 Å². The summed E-state index contributed by atoms with van der Waals surface area (Å²) in [6, 6.07) is 7.02. The van der Waals surface area contributed by atoms with Gasteiger partial charge in [0.1, 0.15) is 5.60 Å². The zero-order chi connectivity index (χ0) is 12.5. The van der Waals surface area contributed by atoms with Crippen molar-refractivity contribution in [2.24, 2.45) is 4.99 Å². The van der Waals surface area contributed by atoms with Crippen molar-refractivity contribution in [2.75, 3.05) is 0 Å². The van der Waals surface area contributed by atoms with Crippen LogP contribution in [0.3, 0.4) is 0 Å². The minimum absolute atomic E-state index is 0.452. The maximum Gasteiger partial charge on any atom is 0.563 e. The Morgan fingerprint density at radius 3 is 2.47 bits per heavy atom. The molecule has 5 heteroatoms. The molecular formula is C12H12BNO3. The van der Waals surface area contributed by atoms with Crippen LogP contribution >= 0.6 is 0 Å². The third-order valence-electron chi connectivity index (χ3n) is 2.66. The van der Waals surface area contributed by atoms with Gasteiger partial charge in [-0.2, -0.15) is 4.99 Å². The Morgan fingerprint density at radius 2 is 2.00 bits per heavy atom. The Morgan fingerprint density at radius 1 is 1.35 bits per heavy atom. The largest absolute Gasteiger partial charge is 0.563 e. The smallest absolute Gasteiger partial charge is 0.534 e. The van der Waals surface area contributed by atoms with E-state index in [1.807, 2.05) is 13.8 Å². The first-order chi connectivity index (χ1) is 8.03. The molecule has 17 heavy (non-hydrogen) atoms. The molecule has 0 bridgehead atoms. The summed E-state index contributed by atoms with van der Waals surface area (Å²) < 4.78 is 11.3. The predicted octanol–water partition coefficient (Wildman–Crippen LogP) is 1.69. The molecule has 4 nitrogen and oxygen atoms in total. The quantitative estimate of drug-likeness (QED) is 0.440. The van der Waals surface area contributed by atoms with Gasteiger partial charge in [0, 0.05) is 0 Å². The zero-order valence-corrected chi connectivity index (χ0v) is 9.77. The van der Waals surface area contributed by atoms with Crippen LogP contribution in [0.4, 0.5) is 5.69 Å². The van der Waals surface area contributed by atoms with Crippen LogP contribution in [0.15, 0.2) is 41.6 Å². The Labute approximate surface area is 100 Å². The van der Waals surface area contributed by atoms with Crippen LogP contribution in [0.1, 0.15) is 13.8 Å². The Balaban J connectivity index is 2.19. The van der Waals surface area contributed by atoms with Crippen LogP contribution < -0.4 is 5.46 Å². The van der Waals surface area contributed by atoms with Gasteiger partial charge in [0.05, 0.1) is 11.4 Å². The van der Waals surface area contributed by atoms with Gasteiger partial charge in [-0.1, -0.05) is 18.7 Å². The number of carbonyl (C=O) groups excluding carboxylic acids is 1. The highest BCUT2D eigenvalue weighted by Crippen LogP contribution is 2.29. The molecule has 1 fully saturated rings. The molecule has 1 saturated heterocycles. The van der Waals surface area contributed by atoms with Crippen LogP contribution in [0, 0.1) is 0 Å². The number of isocyanates is 1. The van der Waals surface area contributed by atoms with Gasteiger partial charge in [-0.3, -0.25) is 0 Å². The minimum atomic E-state index is -0.482. The molecule has 0 aromatic heterocycles. The lowest BCUT2D eigenvalue weighted by Gasteiger charge is -2.15. The molecule has 0 atom stereocenters. The van der Waals surface area contributed by atoms with Gasteiger partial charge in [-0.25, -0.2) is 4.79 Å². The number of benzene rings is 1. The molecule has 1 aliphatic rings. The van der Waals surface area contributed by atoms with E-state index in [1.165, 1.54) is 6.08 Å². The Kier molecular flexibility index (Phi) is 2.88. The van der Waals surface area contributed by atoms with Crippen molar-refractivity contribution < 1.29 is 14.1 Å². The lowest BCUT2D eigenvalue weighted by Crippen LogP contribution is -2.34. The molecule has 0 radical (unpaired) electrons. The average molecular weight is 229 g/mol. The number of hydrogen-bond donors (Lipinski definition) is 0. The van der Waals surface area contributed by atoms with Gasteiger partial charge >= 0.3 is 7.12 Å². The summed E-state index contributed by atoms with van der Waals surface area (Å²) >= 11 is 0. The maximum atomic E-state index is 10.1. The normalized spacial score (nSPS) is 17.5. The lowest BCUT2D eigenvalue weighted by molar-refractivity contribution is 0.173. The SMILES string of the molecule is C=C1OB(c2ccc(N=C=O)cc2)OC1(C)C. The molecule has 0 N–H and O–H groups in total. The van der Waals surface area contributed by atoms with Crippen molar-refractivity contribution >= 4 is 24.3 Å². The van der Waals surface area contributed by atoms with Crippen LogP contribution in [0.2, 0.25) is 0 Å². The highest BCUT2D eigenvalue weighted by Gasteiger charge is 2.42. The summed E-state index contributed by atoms with van der Waals surface area (Å²) in [5.41, 5.74) is 0.936. The second kappa shape index (κ2) is 4.20. The molecule has 0 amide bonds. The summed E-state index contributed by atoms with van der Waals surface area (Å²) in [6.45, 7) is 7.62. The standard InChI is InChI=1S/C12H12BNO3/c1-9-12(2,3)17-13(16-9)10-4-6-11(7-5-10)14-8-15/h4-7H,1H2,2-3H3. The van der Waals surface area contributed by atoms with Crippen LogP contribution in [0.5, 0.6) is 0 Å². The lowest BCUT2D eigenvalue weighted by atomic mass is 9.79. The van der Waals surface area contributed by atoms with E-state index in [1.54, 1.807) is 24.3 Å². The second-order valence-electron chi connectivity index (χ2n) is 4.30. The van der Waals surface area contributed by atoms with Crippen molar-refractivity contribution in [3.63, 3.8) is 0 Å². The number of aliphatic imine (C=N–C) groups is 1. The second-order valence-corrected chi connectivity index (χ2v) is 4.30. The molecular weight excluding hydrogens is 217 g/mol. The van der Waals surface area contributed by atoms with E-state index in [9.17, 15) is 4.79 Å². The minimum Gasteiger partial charge on any atom is -0.534 e. The molecule has 1 aromatic rings. The molecule has 0 spiro atoms. The van der Waals surface area contributed by atoms with Crippen molar-refractivity contribution in [3.05, 3.63) is 36.6 Å². The molecule has 1 heterocycles. The van der Waals surface area contributed by atoms with E-state index < -0.39 is 12.7 Å². The maximum absolute atomic E-state index is 10.1. The molecule has 2 rings (SSSR count). The van der Waals surface area contributed by atoms with Gasteiger partial charge in [0.25, 0.3) is 0 Å². The van der Waals surface area contributed by atoms with Crippen molar-refractivity contribution in [3.8, 4) is 0 Å². The molecule has 1 aliphatic heterocycles. The van der Waals surface area contributed by atoms with E-state index in [2.05, 4.69) is 11.6 Å². The zero-order valence-electron chi connectivity index (χ0n) is 9.77. The fourth-order valence-corrected chi connectivity index (χ4v) is 1.52. The summed E-state index contributed by atoms with van der Waals surface area (Å²) in [4.78, 5) is 13.6. The molecule has 0 unspecified atom stereocenters. The molecule has 1 aromatic carbocycles. The highest BCUT2D eigenvalue weighted by molar-refractivity contribution is 6.62. The van der Waals surface area contributed by atoms with Crippen LogP contribution in [-0.4, -0.2) is 18.8 Å². The first-order valence-corrected chi connectivity index (χ1v) is 5.24. The fourth-order valence-electron chi connectivity index (χ4n) is 1.52. The van der Waals surface area contributed by atoms with Crippen LogP contribution in [0.25, 0.3) is 0 Å². The van der Waals surface area contributed by atoms with E-state index in [-0.39, 0.29) is 0 Å². The summed E-state index contributed by atoms with van der Waals surface area (Å²) in [6.07, 6.45) is 1.49. The van der Waals surface area contributed by atoms with E-state index in [4.69, 9.17) is 9.31 Å². The predicted molar refractivity (Wildman–Crippen MR) is 65.0 cm³/mol. The molecule has 0 saturated carbocycles. The van der Waals surface area contributed by atoms with E-state index in [0.717, 1.165) is 5.46 Å². The van der Waals surface area contributed by atoms with E-state index in [0.29, 0.717) is 11.4 Å². The number of nitrogens with zero attached hydrogens (tertiary/aromatic N) is 1. The van der Waals surface area contributed by atoms with Crippen molar-refractivity contribution in [1.29, 1.82) is 0 Å². The third-order valence-corrected chi connectivity index (χ3v) is 2.66. The third kappa shape index (κ3) is 2.30. The van der Waals surface area contributed by atoms with Gasteiger partial charge in [0.2, 0.25) is 6.08 Å². The topological polar surface area (TPSA) is 47.9 Å². The summed E-state index contributed by atoms with van der Waals surface area (Å²) in [7, 11) is -0.452. The highest BCUT2D eigenvalue weighted by atomic mass is 16.7. The summed E-state index contributed by atoms with van der Waals surface area (Å²) in [5, 5.41) is 0. The Hall–Kier alpha value is -1.84. The number of rotatable bonds is 2. The Bertz CT molecular complexity index is 489. The first-order valence-electron chi connectivity index (χ1n) is 5.24. The average Bonchev–Trinajstić information content (AvgIpc) is 2.55. The van der Waals surface area contributed by atoms with Gasteiger partial charge < -0.3 is 9.31 Å². The monoisotopic (exact) mass is 229 g/mol. The summed E-state index contributed by atoms with van der Waals surface area (Å²) in [5.74, 6) is 0.609. The van der Waals surface area contributed by atoms with Gasteiger partial charge in [-0.15, -0.1) is 0 Å². The van der Waals surface area contributed by atoms with Crippen molar-refractivity contribution in [2.45, 2.75) is 19.4 Å². The first kappa shape index (κ1) is 11.6. The van der Waals surface area contributed by atoms with Crippen LogP contribution in [-0.2, 0) is 14.1 Å². The number of hydrogen-bond acceptors (Lipinski definition) is 4. The fraction of sp³-hybridized carbons (Fsp3) is 0.250. The van der Waals surface area contributed by atoms with Crippen molar-refractivity contribution in [1.82, 2.24) is 0 Å². The van der Waals surface area contributed by atoms with Gasteiger partial charge in [-0.05, 0) is 31.4 Å². The molecule has 0 aliphatic carbocycles.